The molecule has 0 saturated heterocycles. The normalized spacial score (nSPS) is 11.7. The van der Waals surface area contributed by atoms with Crippen molar-refractivity contribution in [1.29, 1.82) is 0 Å². The van der Waals surface area contributed by atoms with Crippen LogP contribution in [0.15, 0.2) is 0 Å². The molecule has 0 aromatic carbocycles. The summed E-state index contributed by atoms with van der Waals surface area (Å²) in [7, 11) is 0. The third kappa shape index (κ3) is 2.52. The Morgan fingerprint density at radius 2 is 1.87 bits per heavy atom. The van der Waals surface area contributed by atoms with Gasteiger partial charge in [0.2, 0.25) is 0 Å². The summed E-state index contributed by atoms with van der Waals surface area (Å²) in [6.07, 6.45) is 0.948. The summed E-state index contributed by atoms with van der Waals surface area (Å²) in [5.74, 6) is 2.98. The third-order valence-corrected chi connectivity index (χ3v) is 2.53. The van der Waals surface area contributed by atoms with Gasteiger partial charge in [0.05, 0.1) is 5.69 Å². The maximum atomic E-state index is 6.13. The quantitative estimate of drug-likeness (QED) is 0.828. The summed E-state index contributed by atoms with van der Waals surface area (Å²) in [6.45, 7) is 11.8. The second-order valence-corrected chi connectivity index (χ2v) is 4.81. The number of aryl methyl sites for hydroxylation is 1. The van der Waals surface area contributed by atoms with Gasteiger partial charge < -0.3 is 10.3 Å². The highest BCUT2D eigenvalue weighted by molar-refractivity contribution is 5.40. The number of anilines is 1. The van der Waals surface area contributed by atoms with Gasteiger partial charge in [-0.3, -0.25) is 0 Å². The first-order chi connectivity index (χ1) is 6.97. The first kappa shape index (κ1) is 12.1. The maximum absolute atomic E-state index is 6.13. The van der Waals surface area contributed by atoms with Gasteiger partial charge in [-0.25, -0.2) is 4.98 Å². The number of hydrogen-bond donors (Lipinski definition) is 1. The van der Waals surface area contributed by atoms with Crippen molar-refractivity contribution >= 4 is 5.82 Å². The van der Waals surface area contributed by atoms with Crippen LogP contribution in [0.2, 0.25) is 0 Å². The van der Waals surface area contributed by atoms with Gasteiger partial charge in [-0.15, -0.1) is 0 Å². The van der Waals surface area contributed by atoms with Gasteiger partial charge in [0.25, 0.3) is 0 Å². The van der Waals surface area contributed by atoms with Crippen LogP contribution in [-0.4, -0.2) is 9.55 Å². The SMILES string of the molecule is CCc1nc(C(C)C)c(N)n1CC(C)C. The molecule has 1 heterocycles. The van der Waals surface area contributed by atoms with E-state index in [1.165, 1.54) is 0 Å². The molecule has 3 heteroatoms. The zero-order valence-electron chi connectivity index (χ0n) is 10.5. The van der Waals surface area contributed by atoms with Crippen molar-refractivity contribution in [2.24, 2.45) is 5.92 Å². The van der Waals surface area contributed by atoms with Crippen LogP contribution in [-0.2, 0) is 13.0 Å². The van der Waals surface area contributed by atoms with Crippen LogP contribution in [0, 0.1) is 5.92 Å². The third-order valence-electron chi connectivity index (χ3n) is 2.53. The molecule has 0 atom stereocenters. The first-order valence-corrected chi connectivity index (χ1v) is 5.82. The lowest BCUT2D eigenvalue weighted by molar-refractivity contribution is 0.513. The summed E-state index contributed by atoms with van der Waals surface area (Å²) in [5, 5.41) is 0. The van der Waals surface area contributed by atoms with E-state index < -0.39 is 0 Å². The van der Waals surface area contributed by atoms with Gasteiger partial charge in [0, 0.05) is 13.0 Å². The Morgan fingerprint density at radius 1 is 1.27 bits per heavy atom. The second kappa shape index (κ2) is 4.69. The summed E-state index contributed by atoms with van der Waals surface area (Å²) >= 11 is 0. The first-order valence-electron chi connectivity index (χ1n) is 5.82. The molecule has 0 aliphatic heterocycles. The number of nitrogen functional groups attached to an aromatic ring is 1. The predicted octanol–water partition coefficient (Wildman–Crippen LogP) is 2.81. The lowest BCUT2D eigenvalue weighted by Gasteiger charge is -2.11. The zero-order chi connectivity index (χ0) is 11.6. The molecule has 2 N–H and O–H groups in total. The molecule has 0 amide bonds. The van der Waals surface area contributed by atoms with Crippen molar-refractivity contribution in [1.82, 2.24) is 9.55 Å². The van der Waals surface area contributed by atoms with Crippen LogP contribution >= 0.6 is 0 Å². The summed E-state index contributed by atoms with van der Waals surface area (Å²) in [5.41, 5.74) is 7.18. The monoisotopic (exact) mass is 209 g/mol. The highest BCUT2D eigenvalue weighted by Gasteiger charge is 2.16. The molecule has 0 radical (unpaired) electrons. The molecule has 1 aromatic rings. The molecule has 15 heavy (non-hydrogen) atoms. The molecule has 3 nitrogen and oxygen atoms in total. The van der Waals surface area contributed by atoms with Crippen LogP contribution in [0.4, 0.5) is 5.82 Å². The molecule has 0 aliphatic carbocycles. The fourth-order valence-electron chi connectivity index (χ4n) is 1.80. The number of hydrogen-bond acceptors (Lipinski definition) is 2. The fourth-order valence-corrected chi connectivity index (χ4v) is 1.80. The maximum Gasteiger partial charge on any atom is 0.127 e. The van der Waals surface area contributed by atoms with Crippen LogP contribution in [0.25, 0.3) is 0 Å². The molecule has 1 rings (SSSR count). The van der Waals surface area contributed by atoms with Crippen molar-refractivity contribution in [2.45, 2.75) is 53.5 Å². The van der Waals surface area contributed by atoms with Crippen LogP contribution in [0.1, 0.15) is 52.1 Å². The molecule has 0 fully saturated rings. The average Bonchev–Trinajstić information content (AvgIpc) is 2.43. The second-order valence-electron chi connectivity index (χ2n) is 4.81. The molecule has 86 valence electrons. The minimum Gasteiger partial charge on any atom is -0.384 e. The largest absolute Gasteiger partial charge is 0.384 e. The van der Waals surface area contributed by atoms with E-state index in [0.29, 0.717) is 11.8 Å². The van der Waals surface area contributed by atoms with E-state index in [1.54, 1.807) is 0 Å². The molecule has 0 bridgehead atoms. The Kier molecular flexibility index (Phi) is 3.77. The lowest BCUT2D eigenvalue weighted by Crippen LogP contribution is -2.11. The van der Waals surface area contributed by atoms with Gasteiger partial charge in [0.1, 0.15) is 11.6 Å². The van der Waals surface area contributed by atoms with E-state index in [1.807, 2.05) is 0 Å². The Balaban J connectivity index is 3.11. The fraction of sp³-hybridized carbons (Fsp3) is 0.750. The topological polar surface area (TPSA) is 43.8 Å². The molecule has 1 aromatic heterocycles. The number of nitrogens with two attached hydrogens (primary N) is 1. The number of rotatable bonds is 4. The van der Waals surface area contributed by atoms with E-state index in [9.17, 15) is 0 Å². The van der Waals surface area contributed by atoms with Crippen molar-refractivity contribution in [2.75, 3.05) is 5.73 Å². The molecule has 0 spiro atoms. The van der Waals surface area contributed by atoms with Gasteiger partial charge in [-0.1, -0.05) is 34.6 Å². The lowest BCUT2D eigenvalue weighted by atomic mass is 10.1. The zero-order valence-corrected chi connectivity index (χ0v) is 10.5. The van der Waals surface area contributed by atoms with E-state index in [2.05, 4.69) is 44.2 Å². The van der Waals surface area contributed by atoms with Gasteiger partial charge in [0.15, 0.2) is 0 Å². The molecule has 0 aliphatic rings. The number of imidazole rings is 1. The Labute approximate surface area is 92.7 Å². The minimum atomic E-state index is 0.406. The predicted molar refractivity (Wildman–Crippen MR) is 64.9 cm³/mol. The van der Waals surface area contributed by atoms with Crippen LogP contribution in [0.3, 0.4) is 0 Å². The molecular weight excluding hydrogens is 186 g/mol. The van der Waals surface area contributed by atoms with Crippen molar-refractivity contribution in [3.05, 3.63) is 11.5 Å². The summed E-state index contributed by atoms with van der Waals surface area (Å²) in [4.78, 5) is 4.62. The molecule has 0 unspecified atom stereocenters. The van der Waals surface area contributed by atoms with Gasteiger partial charge >= 0.3 is 0 Å². The van der Waals surface area contributed by atoms with E-state index in [0.717, 1.165) is 30.3 Å². The van der Waals surface area contributed by atoms with Crippen LogP contribution < -0.4 is 5.73 Å². The molecule has 0 saturated carbocycles. The van der Waals surface area contributed by atoms with Gasteiger partial charge in [-0.2, -0.15) is 0 Å². The Bertz CT molecular complexity index is 324. The van der Waals surface area contributed by atoms with Crippen molar-refractivity contribution < 1.29 is 0 Å². The highest BCUT2D eigenvalue weighted by atomic mass is 15.1. The Morgan fingerprint density at radius 3 is 2.27 bits per heavy atom. The standard InChI is InChI=1S/C12H23N3/c1-6-10-14-11(9(4)5)12(13)15(10)7-8(2)3/h8-9H,6-7,13H2,1-5H3. The van der Waals surface area contributed by atoms with Crippen LogP contribution in [0.5, 0.6) is 0 Å². The van der Waals surface area contributed by atoms with E-state index in [-0.39, 0.29) is 0 Å². The Hall–Kier alpha value is -0.990. The molecular formula is C12H23N3. The van der Waals surface area contributed by atoms with E-state index >= 15 is 0 Å². The van der Waals surface area contributed by atoms with Crippen molar-refractivity contribution in [3.63, 3.8) is 0 Å². The number of aromatic nitrogens is 2. The smallest absolute Gasteiger partial charge is 0.127 e. The average molecular weight is 209 g/mol. The minimum absolute atomic E-state index is 0.406. The van der Waals surface area contributed by atoms with Crippen molar-refractivity contribution in [3.8, 4) is 0 Å². The number of nitrogens with zero attached hydrogens (tertiary/aromatic N) is 2. The summed E-state index contributed by atoms with van der Waals surface area (Å²) < 4.78 is 2.17. The van der Waals surface area contributed by atoms with Gasteiger partial charge in [-0.05, 0) is 11.8 Å². The van der Waals surface area contributed by atoms with E-state index in [4.69, 9.17) is 5.73 Å². The summed E-state index contributed by atoms with van der Waals surface area (Å²) in [6, 6.07) is 0. The highest BCUT2D eigenvalue weighted by Crippen LogP contribution is 2.23.